The van der Waals surface area contributed by atoms with Crippen molar-refractivity contribution >= 4 is 0 Å². The van der Waals surface area contributed by atoms with E-state index in [1.54, 1.807) is 13.2 Å². The third-order valence-electron chi connectivity index (χ3n) is 2.74. The minimum atomic E-state index is -0.808. The van der Waals surface area contributed by atoms with Gasteiger partial charge in [0.05, 0.1) is 6.61 Å². The first-order valence-corrected chi connectivity index (χ1v) is 5.71. The molecule has 1 rings (SSSR count). The van der Waals surface area contributed by atoms with Gasteiger partial charge in [0.2, 0.25) is 0 Å². The largest absolute Gasteiger partial charge is 0.383 e. The normalized spacial score (nSPS) is 13.1. The van der Waals surface area contributed by atoms with Crippen LogP contribution >= 0.6 is 0 Å². The van der Waals surface area contributed by atoms with Crippen molar-refractivity contribution in [2.24, 2.45) is 5.92 Å². The summed E-state index contributed by atoms with van der Waals surface area (Å²) in [7, 11) is 1.62. The second-order valence-electron chi connectivity index (χ2n) is 4.40. The number of nitrogens with one attached hydrogen (secondary N) is 1. The fraction of sp³-hybridized carbons (Fsp3) is 0.538. The predicted molar refractivity (Wildman–Crippen MR) is 63.7 cm³/mol. The summed E-state index contributed by atoms with van der Waals surface area (Å²) >= 11 is 0. The lowest BCUT2D eigenvalue weighted by Crippen LogP contribution is -2.37. The van der Waals surface area contributed by atoms with Crippen LogP contribution in [0.5, 0.6) is 0 Å². The molecule has 0 saturated heterocycles. The molecule has 0 aliphatic heterocycles. The van der Waals surface area contributed by atoms with Crippen molar-refractivity contribution in [2.45, 2.75) is 26.4 Å². The van der Waals surface area contributed by atoms with Crippen molar-refractivity contribution in [2.75, 3.05) is 13.7 Å². The summed E-state index contributed by atoms with van der Waals surface area (Å²) in [6.07, 6.45) is 0. The van der Waals surface area contributed by atoms with E-state index < -0.39 is 11.6 Å². The molecule has 0 saturated carbocycles. The summed E-state index contributed by atoms with van der Waals surface area (Å²) in [5.41, 5.74) is 0.340. The Labute approximate surface area is 101 Å². The number of methoxy groups -OCH3 is 1. The number of benzene rings is 1. The van der Waals surface area contributed by atoms with E-state index in [2.05, 4.69) is 19.2 Å². The molecule has 1 aromatic carbocycles. The lowest BCUT2D eigenvalue weighted by atomic mass is 10.0. The number of ether oxygens (including phenoxy) is 1. The molecule has 0 heterocycles. The SMILES string of the molecule is COCC(NCc1cccc(F)c1F)C(C)C. The predicted octanol–water partition coefficient (Wildman–Crippen LogP) is 2.73. The van der Waals surface area contributed by atoms with Gasteiger partial charge in [-0.1, -0.05) is 26.0 Å². The molecule has 0 amide bonds. The van der Waals surface area contributed by atoms with Crippen molar-refractivity contribution in [3.05, 3.63) is 35.4 Å². The lowest BCUT2D eigenvalue weighted by Gasteiger charge is -2.21. The van der Waals surface area contributed by atoms with E-state index in [-0.39, 0.29) is 6.04 Å². The van der Waals surface area contributed by atoms with Gasteiger partial charge in [0, 0.05) is 25.3 Å². The van der Waals surface area contributed by atoms with E-state index in [1.807, 2.05) is 0 Å². The van der Waals surface area contributed by atoms with E-state index in [1.165, 1.54) is 6.07 Å². The first-order chi connectivity index (χ1) is 8.06. The van der Waals surface area contributed by atoms with Crippen molar-refractivity contribution in [3.8, 4) is 0 Å². The van der Waals surface area contributed by atoms with Crippen LogP contribution in [0.3, 0.4) is 0 Å². The number of hydrogen-bond acceptors (Lipinski definition) is 2. The minimum absolute atomic E-state index is 0.127. The van der Waals surface area contributed by atoms with Crippen LogP contribution in [-0.2, 0) is 11.3 Å². The molecule has 0 aromatic heterocycles. The average Bonchev–Trinajstić information content (AvgIpc) is 2.29. The molecule has 0 spiro atoms. The van der Waals surface area contributed by atoms with Gasteiger partial charge in [-0.25, -0.2) is 8.78 Å². The van der Waals surface area contributed by atoms with E-state index >= 15 is 0 Å². The standard InChI is InChI=1S/C13H19F2NO/c1-9(2)12(8-17-3)16-7-10-5-4-6-11(14)13(10)15/h4-6,9,12,16H,7-8H2,1-3H3. The molecule has 1 N–H and O–H groups in total. The van der Waals surface area contributed by atoms with Gasteiger partial charge in [-0.2, -0.15) is 0 Å². The molecule has 2 nitrogen and oxygen atoms in total. The molecule has 1 aromatic rings. The van der Waals surface area contributed by atoms with Crippen molar-refractivity contribution in [1.29, 1.82) is 0 Å². The highest BCUT2D eigenvalue weighted by molar-refractivity contribution is 5.18. The average molecular weight is 243 g/mol. The van der Waals surface area contributed by atoms with Crippen LogP contribution in [0.4, 0.5) is 8.78 Å². The molecule has 1 unspecified atom stereocenters. The Morgan fingerprint density at radius 3 is 2.59 bits per heavy atom. The van der Waals surface area contributed by atoms with Crippen molar-refractivity contribution < 1.29 is 13.5 Å². The van der Waals surface area contributed by atoms with Gasteiger partial charge in [-0.15, -0.1) is 0 Å². The highest BCUT2D eigenvalue weighted by atomic mass is 19.2. The summed E-state index contributed by atoms with van der Waals surface area (Å²) in [4.78, 5) is 0. The van der Waals surface area contributed by atoms with Gasteiger partial charge in [-0.3, -0.25) is 0 Å². The second-order valence-corrected chi connectivity index (χ2v) is 4.40. The Hall–Kier alpha value is -1.00. The zero-order valence-corrected chi connectivity index (χ0v) is 10.5. The van der Waals surface area contributed by atoms with Crippen LogP contribution in [0.2, 0.25) is 0 Å². The van der Waals surface area contributed by atoms with Crippen LogP contribution in [0.25, 0.3) is 0 Å². The van der Waals surface area contributed by atoms with Gasteiger partial charge in [-0.05, 0) is 12.0 Å². The van der Waals surface area contributed by atoms with E-state index in [0.717, 1.165) is 6.07 Å². The number of rotatable bonds is 6. The van der Waals surface area contributed by atoms with Crippen molar-refractivity contribution in [1.82, 2.24) is 5.32 Å². The molecule has 0 aliphatic carbocycles. The Kier molecular flexibility index (Phi) is 5.51. The number of hydrogen-bond donors (Lipinski definition) is 1. The second kappa shape index (κ2) is 6.67. The van der Waals surface area contributed by atoms with Gasteiger partial charge in [0.15, 0.2) is 11.6 Å². The monoisotopic (exact) mass is 243 g/mol. The molecular formula is C13H19F2NO. The quantitative estimate of drug-likeness (QED) is 0.829. The molecule has 1 atom stereocenters. The zero-order chi connectivity index (χ0) is 12.8. The number of halogens is 2. The first kappa shape index (κ1) is 14.1. The third-order valence-corrected chi connectivity index (χ3v) is 2.74. The van der Waals surface area contributed by atoms with E-state index in [9.17, 15) is 8.78 Å². The van der Waals surface area contributed by atoms with Crippen LogP contribution in [0.15, 0.2) is 18.2 Å². The Bertz CT molecular complexity index is 355. The first-order valence-electron chi connectivity index (χ1n) is 5.71. The van der Waals surface area contributed by atoms with Crippen LogP contribution in [0, 0.1) is 17.6 Å². The van der Waals surface area contributed by atoms with Crippen LogP contribution in [0.1, 0.15) is 19.4 Å². The summed E-state index contributed by atoms with van der Waals surface area (Å²) in [6, 6.07) is 4.34. The molecule has 4 heteroatoms. The van der Waals surface area contributed by atoms with E-state index in [0.29, 0.717) is 24.6 Å². The zero-order valence-electron chi connectivity index (χ0n) is 10.5. The van der Waals surface area contributed by atoms with Gasteiger partial charge >= 0.3 is 0 Å². The molecule has 17 heavy (non-hydrogen) atoms. The Morgan fingerprint density at radius 2 is 2.00 bits per heavy atom. The smallest absolute Gasteiger partial charge is 0.163 e. The summed E-state index contributed by atoms with van der Waals surface area (Å²) in [5.74, 6) is -1.22. The lowest BCUT2D eigenvalue weighted by molar-refractivity contribution is 0.146. The molecule has 0 fully saturated rings. The summed E-state index contributed by atoms with van der Waals surface area (Å²) in [6.45, 7) is 4.96. The van der Waals surface area contributed by atoms with Crippen molar-refractivity contribution in [3.63, 3.8) is 0 Å². The molecule has 0 aliphatic rings. The van der Waals surface area contributed by atoms with Gasteiger partial charge < -0.3 is 10.1 Å². The fourth-order valence-corrected chi connectivity index (χ4v) is 1.59. The van der Waals surface area contributed by atoms with Crippen LogP contribution < -0.4 is 5.32 Å². The molecule has 0 bridgehead atoms. The maximum atomic E-state index is 13.4. The highest BCUT2D eigenvalue weighted by Gasteiger charge is 2.14. The Morgan fingerprint density at radius 1 is 1.29 bits per heavy atom. The third kappa shape index (κ3) is 4.06. The molecule has 0 radical (unpaired) electrons. The van der Waals surface area contributed by atoms with Gasteiger partial charge in [0.25, 0.3) is 0 Å². The molecular weight excluding hydrogens is 224 g/mol. The van der Waals surface area contributed by atoms with Crippen LogP contribution in [-0.4, -0.2) is 19.8 Å². The highest BCUT2D eigenvalue weighted by Crippen LogP contribution is 2.12. The molecule has 96 valence electrons. The summed E-state index contributed by atoms with van der Waals surface area (Å²) < 4.78 is 31.5. The maximum Gasteiger partial charge on any atom is 0.163 e. The fourth-order valence-electron chi connectivity index (χ4n) is 1.59. The minimum Gasteiger partial charge on any atom is -0.383 e. The van der Waals surface area contributed by atoms with E-state index in [4.69, 9.17) is 4.74 Å². The maximum absolute atomic E-state index is 13.4. The topological polar surface area (TPSA) is 21.3 Å². The van der Waals surface area contributed by atoms with Gasteiger partial charge in [0.1, 0.15) is 0 Å². The summed E-state index contributed by atoms with van der Waals surface area (Å²) in [5, 5.41) is 3.17. The Balaban J connectivity index is 2.62.